The molecule has 7 heteroatoms. The standard InChI is InChI=1S/C12H12ClN5S/c13-12-17-16-11(19-12)9-18(6-2-4-14)8-10-3-1-5-15-7-10/h1,3,5,7H,2,6,8-9H2. The Bertz CT molecular complexity index is 551. The van der Waals surface area contributed by atoms with Crippen molar-refractivity contribution in [2.24, 2.45) is 0 Å². The minimum Gasteiger partial charge on any atom is -0.291 e. The van der Waals surface area contributed by atoms with Crippen LogP contribution < -0.4 is 0 Å². The van der Waals surface area contributed by atoms with Crippen LogP contribution in [0.25, 0.3) is 0 Å². The topological polar surface area (TPSA) is 65.7 Å². The third-order valence-corrected chi connectivity index (χ3v) is 3.47. The molecule has 19 heavy (non-hydrogen) atoms. The number of pyridine rings is 1. The summed E-state index contributed by atoms with van der Waals surface area (Å²) in [4.78, 5) is 6.23. The molecule has 0 aliphatic heterocycles. The van der Waals surface area contributed by atoms with Gasteiger partial charge in [-0.25, -0.2) is 0 Å². The van der Waals surface area contributed by atoms with Crippen molar-refractivity contribution in [1.82, 2.24) is 20.1 Å². The van der Waals surface area contributed by atoms with Crippen molar-refractivity contribution in [3.05, 3.63) is 39.6 Å². The second-order valence-corrected chi connectivity index (χ2v) is 5.57. The number of hydrogen-bond donors (Lipinski definition) is 0. The maximum Gasteiger partial charge on any atom is 0.207 e. The van der Waals surface area contributed by atoms with Gasteiger partial charge in [0.25, 0.3) is 0 Å². The molecule has 2 heterocycles. The first-order chi connectivity index (χ1) is 9.28. The molecule has 0 aliphatic carbocycles. The molecule has 0 saturated heterocycles. The molecule has 0 atom stereocenters. The van der Waals surface area contributed by atoms with E-state index in [1.54, 1.807) is 6.20 Å². The summed E-state index contributed by atoms with van der Waals surface area (Å²) in [5.41, 5.74) is 1.11. The zero-order valence-corrected chi connectivity index (χ0v) is 11.7. The van der Waals surface area contributed by atoms with Gasteiger partial charge in [-0.2, -0.15) is 5.26 Å². The van der Waals surface area contributed by atoms with Crippen LogP contribution in [0.4, 0.5) is 0 Å². The predicted octanol–water partition coefficient (Wildman–Crippen LogP) is 2.50. The first-order valence-electron chi connectivity index (χ1n) is 5.74. The molecule has 0 bridgehead atoms. The van der Waals surface area contributed by atoms with Gasteiger partial charge in [-0.3, -0.25) is 9.88 Å². The van der Waals surface area contributed by atoms with Crippen molar-refractivity contribution >= 4 is 22.9 Å². The van der Waals surface area contributed by atoms with Crippen LogP contribution in [0.15, 0.2) is 24.5 Å². The van der Waals surface area contributed by atoms with Gasteiger partial charge in [0.2, 0.25) is 4.47 Å². The molecule has 2 rings (SSSR count). The molecule has 2 aromatic rings. The second-order valence-electron chi connectivity index (χ2n) is 3.93. The first kappa shape index (κ1) is 13.9. The van der Waals surface area contributed by atoms with E-state index in [1.807, 2.05) is 18.3 Å². The smallest absolute Gasteiger partial charge is 0.207 e. The van der Waals surface area contributed by atoms with Gasteiger partial charge in [-0.15, -0.1) is 10.2 Å². The molecule has 0 amide bonds. The van der Waals surface area contributed by atoms with Crippen LogP contribution in [0.3, 0.4) is 0 Å². The van der Waals surface area contributed by atoms with Gasteiger partial charge in [0.1, 0.15) is 5.01 Å². The number of halogens is 1. The first-order valence-corrected chi connectivity index (χ1v) is 6.93. The number of aromatic nitrogens is 3. The van der Waals surface area contributed by atoms with Crippen LogP contribution >= 0.6 is 22.9 Å². The maximum atomic E-state index is 8.72. The molecular formula is C12H12ClN5S. The predicted molar refractivity (Wildman–Crippen MR) is 73.5 cm³/mol. The number of rotatable bonds is 6. The summed E-state index contributed by atoms with van der Waals surface area (Å²) in [6.45, 7) is 2.05. The number of hydrogen-bond acceptors (Lipinski definition) is 6. The van der Waals surface area contributed by atoms with E-state index in [2.05, 4.69) is 26.2 Å². The van der Waals surface area contributed by atoms with Crippen LogP contribution in [0, 0.1) is 11.3 Å². The fraction of sp³-hybridized carbons (Fsp3) is 0.333. The third-order valence-electron chi connectivity index (χ3n) is 2.47. The average Bonchev–Trinajstić information content (AvgIpc) is 2.82. The Morgan fingerprint density at radius 2 is 2.26 bits per heavy atom. The summed E-state index contributed by atoms with van der Waals surface area (Å²) in [5.74, 6) is 0. The quantitative estimate of drug-likeness (QED) is 0.819. The van der Waals surface area contributed by atoms with Crippen molar-refractivity contribution in [3.8, 4) is 6.07 Å². The summed E-state index contributed by atoms with van der Waals surface area (Å²) in [5, 5.41) is 17.4. The second kappa shape index (κ2) is 7.14. The van der Waals surface area contributed by atoms with E-state index in [-0.39, 0.29) is 0 Å². The minimum atomic E-state index is 0.441. The van der Waals surface area contributed by atoms with Gasteiger partial charge < -0.3 is 0 Å². The molecule has 5 nitrogen and oxygen atoms in total. The summed E-state index contributed by atoms with van der Waals surface area (Å²) in [7, 11) is 0. The molecule has 0 N–H and O–H groups in total. The zero-order valence-electron chi connectivity index (χ0n) is 10.2. The highest BCUT2D eigenvalue weighted by atomic mass is 35.5. The van der Waals surface area contributed by atoms with Crippen molar-refractivity contribution < 1.29 is 0 Å². The fourth-order valence-corrected chi connectivity index (χ4v) is 2.57. The van der Waals surface area contributed by atoms with Crippen LogP contribution in [-0.2, 0) is 13.1 Å². The molecular weight excluding hydrogens is 282 g/mol. The summed E-state index contributed by atoms with van der Waals surface area (Å²) in [6.07, 6.45) is 4.05. The van der Waals surface area contributed by atoms with Gasteiger partial charge in [-0.1, -0.05) is 17.4 Å². The van der Waals surface area contributed by atoms with Gasteiger partial charge in [-0.05, 0) is 23.2 Å². The van der Waals surface area contributed by atoms with E-state index in [1.165, 1.54) is 11.3 Å². The Kier molecular flexibility index (Phi) is 5.21. The zero-order chi connectivity index (χ0) is 13.5. The minimum absolute atomic E-state index is 0.441. The van der Waals surface area contributed by atoms with E-state index in [0.717, 1.165) is 17.1 Å². The van der Waals surface area contributed by atoms with Crippen LogP contribution in [0.1, 0.15) is 17.0 Å². The maximum absolute atomic E-state index is 8.72. The molecule has 0 aliphatic rings. The molecule has 98 valence electrons. The van der Waals surface area contributed by atoms with Crippen LogP contribution in [0.2, 0.25) is 4.47 Å². The molecule has 0 aromatic carbocycles. The number of nitrogens with zero attached hydrogens (tertiary/aromatic N) is 5. The molecule has 0 saturated carbocycles. The van der Waals surface area contributed by atoms with Gasteiger partial charge in [0.15, 0.2) is 0 Å². The molecule has 2 aromatic heterocycles. The normalized spacial score (nSPS) is 10.6. The number of nitriles is 1. The van der Waals surface area contributed by atoms with E-state index >= 15 is 0 Å². The van der Waals surface area contributed by atoms with Gasteiger partial charge >= 0.3 is 0 Å². The lowest BCUT2D eigenvalue weighted by atomic mass is 10.2. The van der Waals surface area contributed by atoms with Crippen LogP contribution in [-0.4, -0.2) is 26.6 Å². The van der Waals surface area contributed by atoms with Crippen molar-refractivity contribution in [2.45, 2.75) is 19.5 Å². The van der Waals surface area contributed by atoms with Crippen molar-refractivity contribution in [3.63, 3.8) is 0 Å². The molecule has 0 spiro atoms. The van der Waals surface area contributed by atoms with E-state index in [9.17, 15) is 0 Å². The van der Waals surface area contributed by atoms with E-state index < -0.39 is 0 Å². The lowest BCUT2D eigenvalue weighted by molar-refractivity contribution is 0.261. The Morgan fingerprint density at radius 1 is 1.37 bits per heavy atom. The Hall–Kier alpha value is -1.55. The monoisotopic (exact) mass is 293 g/mol. The SMILES string of the molecule is N#CCCN(Cc1cccnc1)Cc1nnc(Cl)s1. The highest BCUT2D eigenvalue weighted by Crippen LogP contribution is 2.17. The van der Waals surface area contributed by atoms with E-state index in [4.69, 9.17) is 16.9 Å². The lowest BCUT2D eigenvalue weighted by Crippen LogP contribution is -2.23. The molecule has 0 radical (unpaired) electrons. The summed E-state index contributed by atoms with van der Waals surface area (Å²) >= 11 is 7.14. The van der Waals surface area contributed by atoms with Crippen molar-refractivity contribution in [1.29, 1.82) is 5.26 Å². The van der Waals surface area contributed by atoms with E-state index in [0.29, 0.717) is 24.0 Å². The summed E-state index contributed by atoms with van der Waals surface area (Å²) in [6, 6.07) is 6.07. The average molecular weight is 294 g/mol. The summed E-state index contributed by atoms with van der Waals surface area (Å²) < 4.78 is 0.441. The van der Waals surface area contributed by atoms with Gasteiger partial charge in [0.05, 0.1) is 12.6 Å². The van der Waals surface area contributed by atoms with Crippen LogP contribution in [0.5, 0.6) is 0 Å². The third kappa shape index (κ3) is 4.56. The highest BCUT2D eigenvalue weighted by molar-refractivity contribution is 7.15. The lowest BCUT2D eigenvalue weighted by Gasteiger charge is -2.19. The Balaban J connectivity index is 2.01. The van der Waals surface area contributed by atoms with Crippen molar-refractivity contribution in [2.75, 3.05) is 6.54 Å². The molecule has 0 fully saturated rings. The molecule has 0 unspecified atom stereocenters. The Morgan fingerprint density at radius 3 is 2.89 bits per heavy atom. The van der Waals surface area contributed by atoms with Gasteiger partial charge in [0, 0.05) is 31.9 Å². The largest absolute Gasteiger partial charge is 0.291 e. The Labute approximate surface area is 120 Å². The highest BCUT2D eigenvalue weighted by Gasteiger charge is 2.10. The fourth-order valence-electron chi connectivity index (χ4n) is 1.66.